The van der Waals surface area contributed by atoms with Gasteiger partial charge in [0.05, 0.1) is 20.8 Å². The Kier molecular flexibility index (Phi) is 7.82. The van der Waals surface area contributed by atoms with Crippen LogP contribution in [0.5, 0.6) is 17.2 Å². The minimum absolute atomic E-state index is 0.0854. The molecule has 1 aliphatic rings. The van der Waals surface area contributed by atoms with Gasteiger partial charge >= 0.3 is 0 Å². The minimum atomic E-state index is -1.58. The molecule has 0 amide bonds. The van der Waals surface area contributed by atoms with Crippen molar-refractivity contribution < 1.29 is 44.2 Å². The quantitative estimate of drug-likeness (QED) is 0.231. The molecule has 1 aliphatic heterocycles. The van der Waals surface area contributed by atoms with Gasteiger partial charge in [0.15, 0.2) is 11.5 Å². The van der Waals surface area contributed by atoms with Gasteiger partial charge in [-0.05, 0) is 23.8 Å². The highest BCUT2D eigenvalue weighted by Gasteiger charge is 2.45. The molecule has 1 heterocycles. The fraction of sp³-hybridized carbons (Fsp3) is 0.471. The summed E-state index contributed by atoms with van der Waals surface area (Å²) >= 11 is 1.64. The van der Waals surface area contributed by atoms with Crippen LogP contribution < -0.4 is 14.2 Å². The molecule has 0 unspecified atom stereocenters. The molecule has 0 spiro atoms. The third kappa shape index (κ3) is 5.09. The van der Waals surface area contributed by atoms with Crippen molar-refractivity contribution in [1.82, 2.24) is 0 Å². The van der Waals surface area contributed by atoms with Crippen LogP contribution in [-0.2, 0) is 9.53 Å². The predicted octanol–water partition coefficient (Wildman–Crippen LogP) is -0.143. The average molecular weight is 496 g/mol. The Morgan fingerprint density at radius 1 is 1.15 bits per heavy atom. The highest BCUT2D eigenvalue weighted by molar-refractivity contribution is 14.1. The van der Waals surface area contributed by atoms with Crippen LogP contribution >= 0.6 is 22.6 Å². The highest BCUT2D eigenvalue weighted by atomic mass is 127. The van der Waals surface area contributed by atoms with E-state index in [4.69, 9.17) is 18.9 Å². The number of benzene rings is 1. The van der Waals surface area contributed by atoms with E-state index in [9.17, 15) is 25.2 Å². The standard InChI is InChI=1S/C17H21IO9/c1-24-9-5-8(3-4-12(18)20)6-10(25-2)16(9)27-17-15(23)14(22)13(21)11(7-19)26-17/h3-6,11,13-15,17,19,21-23H,7H2,1-2H3/b4-3+/t11-,13-,14+,15-,17+/m1/s1. The summed E-state index contributed by atoms with van der Waals surface area (Å²) in [4.78, 5) is 11.1. The fourth-order valence-electron chi connectivity index (χ4n) is 2.56. The first-order valence-electron chi connectivity index (χ1n) is 7.93. The number of carbonyl (C=O) groups is 1. The Labute approximate surface area is 169 Å². The van der Waals surface area contributed by atoms with Crippen LogP contribution in [-0.4, -0.2) is 75.7 Å². The molecule has 0 bridgehead atoms. The predicted molar refractivity (Wildman–Crippen MR) is 102 cm³/mol. The molecule has 4 N–H and O–H groups in total. The molecule has 27 heavy (non-hydrogen) atoms. The first kappa shape index (κ1) is 21.9. The summed E-state index contributed by atoms with van der Waals surface area (Å²) < 4.78 is 21.4. The summed E-state index contributed by atoms with van der Waals surface area (Å²) in [5.74, 6) is 0.543. The number of allylic oxidation sites excluding steroid dienone is 1. The zero-order chi connectivity index (χ0) is 20.1. The Hall–Kier alpha value is -1.44. The number of carbonyl (C=O) groups excluding carboxylic acids is 1. The van der Waals surface area contributed by atoms with Crippen LogP contribution in [0.25, 0.3) is 6.08 Å². The third-order valence-electron chi connectivity index (χ3n) is 3.97. The summed E-state index contributed by atoms with van der Waals surface area (Å²) in [7, 11) is 2.79. The number of hydrogen-bond acceptors (Lipinski definition) is 9. The molecule has 10 heteroatoms. The molecule has 9 nitrogen and oxygen atoms in total. The Morgan fingerprint density at radius 3 is 2.22 bits per heavy atom. The van der Waals surface area contributed by atoms with Gasteiger partial charge in [0.2, 0.25) is 15.8 Å². The molecule has 150 valence electrons. The number of methoxy groups -OCH3 is 2. The maximum atomic E-state index is 11.1. The van der Waals surface area contributed by atoms with Crippen LogP contribution in [0, 0.1) is 0 Å². The molecule has 0 radical (unpaired) electrons. The lowest BCUT2D eigenvalue weighted by Crippen LogP contribution is -2.60. The van der Waals surface area contributed by atoms with E-state index in [1.54, 1.807) is 40.8 Å². The zero-order valence-corrected chi connectivity index (χ0v) is 16.8. The second-order valence-corrected chi connectivity index (χ2v) is 6.77. The molecule has 2 rings (SSSR count). The molecule has 1 saturated heterocycles. The van der Waals surface area contributed by atoms with E-state index in [2.05, 4.69) is 0 Å². The van der Waals surface area contributed by atoms with Crippen molar-refractivity contribution in [2.24, 2.45) is 0 Å². The summed E-state index contributed by atoms with van der Waals surface area (Å²) in [6.07, 6.45) is -4.21. The van der Waals surface area contributed by atoms with E-state index in [1.165, 1.54) is 20.3 Å². The maximum absolute atomic E-state index is 11.1. The molecular weight excluding hydrogens is 475 g/mol. The van der Waals surface area contributed by atoms with E-state index in [0.717, 1.165) is 0 Å². The van der Waals surface area contributed by atoms with E-state index in [0.29, 0.717) is 5.56 Å². The van der Waals surface area contributed by atoms with Crippen molar-refractivity contribution in [1.29, 1.82) is 0 Å². The number of hydrogen-bond donors (Lipinski definition) is 4. The zero-order valence-electron chi connectivity index (χ0n) is 14.6. The summed E-state index contributed by atoms with van der Waals surface area (Å²) in [6.45, 7) is -0.576. The molecule has 0 aromatic heterocycles. The number of halogens is 1. The molecule has 1 fully saturated rings. The Morgan fingerprint density at radius 2 is 1.74 bits per heavy atom. The summed E-state index contributed by atoms with van der Waals surface area (Å²) in [5, 5.41) is 39.1. The van der Waals surface area contributed by atoms with Gasteiger partial charge in [-0.25, -0.2) is 0 Å². The summed E-state index contributed by atoms with van der Waals surface area (Å²) in [5.41, 5.74) is 0.606. The van der Waals surface area contributed by atoms with Crippen LogP contribution in [0.2, 0.25) is 0 Å². The third-order valence-corrected chi connectivity index (χ3v) is 4.33. The second kappa shape index (κ2) is 9.66. The van der Waals surface area contributed by atoms with Gasteiger partial charge in [0.1, 0.15) is 24.4 Å². The van der Waals surface area contributed by atoms with Crippen molar-refractivity contribution in [3.05, 3.63) is 23.8 Å². The van der Waals surface area contributed by atoms with Crippen LogP contribution in [0.15, 0.2) is 18.2 Å². The van der Waals surface area contributed by atoms with Gasteiger partial charge < -0.3 is 39.4 Å². The van der Waals surface area contributed by atoms with Crippen molar-refractivity contribution in [2.45, 2.75) is 30.7 Å². The molecular formula is C17H21IO9. The van der Waals surface area contributed by atoms with Crippen molar-refractivity contribution in [3.8, 4) is 17.2 Å². The van der Waals surface area contributed by atoms with Gasteiger partial charge in [-0.2, -0.15) is 0 Å². The topological polar surface area (TPSA) is 135 Å². The Balaban J connectivity index is 2.35. The van der Waals surface area contributed by atoms with Crippen molar-refractivity contribution in [2.75, 3.05) is 20.8 Å². The van der Waals surface area contributed by atoms with Gasteiger partial charge in [-0.3, -0.25) is 4.79 Å². The average Bonchev–Trinajstić information content (AvgIpc) is 2.66. The van der Waals surface area contributed by atoms with Gasteiger partial charge in [-0.15, -0.1) is 0 Å². The van der Waals surface area contributed by atoms with E-state index in [-0.39, 0.29) is 21.0 Å². The van der Waals surface area contributed by atoms with Gasteiger partial charge in [-0.1, -0.05) is 6.08 Å². The monoisotopic (exact) mass is 496 g/mol. The largest absolute Gasteiger partial charge is 0.493 e. The second-order valence-electron chi connectivity index (χ2n) is 5.71. The molecule has 5 atom stereocenters. The van der Waals surface area contributed by atoms with E-state index in [1.807, 2.05) is 0 Å². The lowest BCUT2D eigenvalue weighted by molar-refractivity contribution is -0.277. The fourth-order valence-corrected chi connectivity index (χ4v) is 2.73. The first-order valence-corrected chi connectivity index (χ1v) is 9.01. The lowest BCUT2D eigenvalue weighted by atomic mass is 9.99. The lowest BCUT2D eigenvalue weighted by Gasteiger charge is -2.39. The molecule has 0 saturated carbocycles. The minimum Gasteiger partial charge on any atom is -0.493 e. The highest BCUT2D eigenvalue weighted by Crippen LogP contribution is 2.40. The van der Waals surface area contributed by atoms with Crippen LogP contribution in [0.4, 0.5) is 0 Å². The van der Waals surface area contributed by atoms with Crippen LogP contribution in [0.1, 0.15) is 5.56 Å². The van der Waals surface area contributed by atoms with E-state index >= 15 is 0 Å². The number of rotatable bonds is 7. The van der Waals surface area contributed by atoms with Crippen molar-refractivity contribution in [3.63, 3.8) is 0 Å². The maximum Gasteiger partial charge on any atom is 0.229 e. The SMILES string of the molecule is COc1cc(/C=C/C(=O)I)cc(OC)c1O[C@@H]1O[C@H](CO)[C@@H](O)[C@H](O)[C@H]1O. The molecule has 1 aromatic rings. The van der Waals surface area contributed by atoms with Crippen LogP contribution in [0.3, 0.4) is 0 Å². The number of ether oxygens (including phenoxy) is 4. The smallest absolute Gasteiger partial charge is 0.229 e. The van der Waals surface area contributed by atoms with Crippen molar-refractivity contribution >= 4 is 32.5 Å². The molecule has 0 aliphatic carbocycles. The molecule has 1 aromatic carbocycles. The van der Waals surface area contributed by atoms with Gasteiger partial charge in [0.25, 0.3) is 0 Å². The van der Waals surface area contributed by atoms with Gasteiger partial charge in [0, 0.05) is 22.6 Å². The summed E-state index contributed by atoms with van der Waals surface area (Å²) in [6, 6.07) is 3.16. The normalized spacial score (nSPS) is 28.2. The number of aliphatic hydroxyl groups is 4. The number of aliphatic hydroxyl groups excluding tert-OH is 4. The Bertz CT molecular complexity index is 666. The first-order chi connectivity index (χ1) is 12.8. The van der Waals surface area contributed by atoms with E-state index < -0.39 is 37.3 Å².